The molecule has 0 aromatic heterocycles. The number of benzene rings is 2. The zero-order valence-corrected chi connectivity index (χ0v) is 14.8. The fourth-order valence-corrected chi connectivity index (χ4v) is 2.98. The van der Waals surface area contributed by atoms with E-state index < -0.39 is 10.0 Å². The van der Waals surface area contributed by atoms with E-state index in [4.69, 9.17) is 11.6 Å². The quantitative estimate of drug-likeness (QED) is 0.828. The molecular weight excluding hydrogens is 348 g/mol. The maximum Gasteiger partial charge on any atom is 0.248 e. The molecule has 0 spiro atoms. The number of rotatable bonds is 5. The van der Waals surface area contributed by atoms with E-state index in [9.17, 15) is 13.2 Å². The molecule has 2 aromatic carbocycles. The summed E-state index contributed by atoms with van der Waals surface area (Å²) >= 11 is 6.01. The van der Waals surface area contributed by atoms with Crippen LogP contribution in [0.5, 0.6) is 0 Å². The summed E-state index contributed by atoms with van der Waals surface area (Å²) in [6.45, 7) is 0. The zero-order chi connectivity index (χ0) is 17.7. The van der Waals surface area contributed by atoms with Crippen molar-refractivity contribution in [3.05, 3.63) is 65.2 Å². The van der Waals surface area contributed by atoms with Crippen LogP contribution in [0.25, 0.3) is 6.08 Å². The minimum absolute atomic E-state index is 0.164. The summed E-state index contributed by atoms with van der Waals surface area (Å²) in [6, 6.07) is 13.1. The molecule has 0 saturated heterocycles. The standard InChI is InChI=1S/C17H17ClN2O3S/c1-20(2)24(22,23)15-10-8-14(9-11-15)19-17(21)12-7-13-5-3-4-6-16(13)18/h3-12H,1-2H3,(H,19,21). The highest BCUT2D eigenvalue weighted by molar-refractivity contribution is 7.89. The third-order valence-electron chi connectivity index (χ3n) is 3.22. The third-order valence-corrected chi connectivity index (χ3v) is 5.39. The molecule has 126 valence electrons. The monoisotopic (exact) mass is 364 g/mol. The first-order valence-corrected chi connectivity index (χ1v) is 8.88. The van der Waals surface area contributed by atoms with Gasteiger partial charge in [-0.2, -0.15) is 0 Å². The Bertz CT molecular complexity index is 860. The van der Waals surface area contributed by atoms with Gasteiger partial charge in [-0.05, 0) is 42.0 Å². The Morgan fingerprint density at radius 2 is 1.71 bits per heavy atom. The molecule has 0 aliphatic carbocycles. The second-order valence-electron chi connectivity index (χ2n) is 5.16. The molecule has 0 fully saturated rings. The van der Waals surface area contributed by atoms with E-state index in [2.05, 4.69) is 5.32 Å². The lowest BCUT2D eigenvalue weighted by molar-refractivity contribution is -0.111. The third kappa shape index (κ3) is 4.44. The van der Waals surface area contributed by atoms with E-state index in [1.54, 1.807) is 18.2 Å². The van der Waals surface area contributed by atoms with Crippen molar-refractivity contribution in [1.29, 1.82) is 0 Å². The highest BCUT2D eigenvalue weighted by atomic mass is 35.5. The summed E-state index contributed by atoms with van der Waals surface area (Å²) in [4.78, 5) is 12.1. The number of hydrogen-bond donors (Lipinski definition) is 1. The molecule has 1 amide bonds. The zero-order valence-electron chi connectivity index (χ0n) is 13.2. The summed E-state index contributed by atoms with van der Waals surface area (Å²) < 4.78 is 25.1. The van der Waals surface area contributed by atoms with Crippen molar-refractivity contribution in [2.45, 2.75) is 4.90 Å². The fourth-order valence-electron chi connectivity index (χ4n) is 1.88. The molecule has 0 saturated carbocycles. The van der Waals surface area contributed by atoms with Crippen molar-refractivity contribution in [2.75, 3.05) is 19.4 Å². The van der Waals surface area contributed by atoms with E-state index in [0.29, 0.717) is 10.7 Å². The van der Waals surface area contributed by atoms with Gasteiger partial charge in [0.1, 0.15) is 0 Å². The molecule has 7 heteroatoms. The van der Waals surface area contributed by atoms with Crippen molar-refractivity contribution in [2.24, 2.45) is 0 Å². The molecule has 24 heavy (non-hydrogen) atoms. The maximum atomic E-state index is 12.0. The average molecular weight is 365 g/mol. The number of carbonyl (C=O) groups is 1. The Balaban J connectivity index is 2.06. The molecule has 0 atom stereocenters. The maximum absolute atomic E-state index is 12.0. The summed E-state index contributed by atoms with van der Waals surface area (Å²) in [7, 11) is -0.556. The lowest BCUT2D eigenvalue weighted by atomic mass is 10.2. The van der Waals surface area contributed by atoms with Gasteiger partial charge in [0.25, 0.3) is 0 Å². The first kappa shape index (κ1) is 18.2. The second kappa shape index (κ2) is 7.61. The number of nitrogens with one attached hydrogen (secondary N) is 1. The van der Waals surface area contributed by atoms with Gasteiger partial charge in [0.05, 0.1) is 4.90 Å². The van der Waals surface area contributed by atoms with Crippen molar-refractivity contribution < 1.29 is 13.2 Å². The molecule has 5 nitrogen and oxygen atoms in total. The Hall–Kier alpha value is -2.15. The van der Waals surface area contributed by atoms with Crippen LogP contribution < -0.4 is 5.32 Å². The number of nitrogens with zero attached hydrogens (tertiary/aromatic N) is 1. The molecule has 1 N–H and O–H groups in total. The van der Waals surface area contributed by atoms with Crippen LogP contribution in [-0.4, -0.2) is 32.7 Å². The lowest BCUT2D eigenvalue weighted by Crippen LogP contribution is -2.22. The predicted molar refractivity (Wildman–Crippen MR) is 96.4 cm³/mol. The molecular formula is C17H17ClN2O3S. The van der Waals surface area contributed by atoms with Crippen LogP contribution in [0.4, 0.5) is 5.69 Å². The Kier molecular flexibility index (Phi) is 5.77. The van der Waals surface area contributed by atoms with Crippen LogP contribution in [0.15, 0.2) is 59.5 Å². The first-order chi connectivity index (χ1) is 11.3. The molecule has 2 aromatic rings. The number of anilines is 1. The van der Waals surface area contributed by atoms with E-state index in [1.807, 2.05) is 12.1 Å². The molecule has 2 rings (SSSR count). The first-order valence-electron chi connectivity index (χ1n) is 7.07. The van der Waals surface area contributed by atoms with Crippen LogP contribution >= 0.6 is 11.6 Å². The predicted octanol–water partition coefficient (Wildman–Crippen LogP) is 3.24. The summed E-state index contributed by atoms with van der Waals surface area (Å²) in [5, 5.41) is 3.22. The molecule has 0 aliphatic heterocycles. The van der Waals surface area contributed by atoms with Crippen LogP contribution in [0.1, 0.15) is 5.56 Å². The van der Waals surface area contributed by atoms with Gasteiger partial charge < -0.3 is 5.32 Å². The summed E-state index contributed by atoms with van der Waals surface area (Å²) in [6.07, 6.45) is 2.98. The number of hydrogen-bond acceptors (Lipinski definition) is 3. The molecule has 0 heterocycles. The van der Waals surface area contributed by atoms with E-state index in [1.165, 1.54) is 44.4 Å². The Labute approximate surface area is 146 Å². The van der Waals surface area contributed by atoms with Gasteiger partial charge in [-0.15, -0.1) is 0 Å². The highest BCUT2D eigenvalue weighted by Gasteiger charge is 2.16. The van der Waals surface area contributed by atoms with Gasteiger partial charge in [-0.1, -0.05) is 29.8 Å². The van der Waals surface area contributed by atoms with Crippen molar-refractivity contribution in [3.63, 3.8) is 0 Å². The molecule has 0 aliphatic rings. The average Bonchev–Trinajstić information content (AvgIpc) is 2.54. The summed E-state index contributed by atoms with van der Waals surface area (Å²) in [5.74, 6) is -0.335. The number of amides is 1. The highest BCUT2D eigenvalue weighted by Crippen LogP contribution is 2.18. The number of carbonyl (C=O) groups excluding carboxylic acids is 1. The van der Waals surface area contributed by atoms with Gasteiger partial charge in [-0.25, -0.2) is 12.7 Å². The van der Waals surface area contributed by atoms with Gasteiger partial charge in [0.2, 0.25) is 15.9 Å². The Morgan fingerprint density at radius 3 is 2.29 bits per heavy atom. The van der Waals surface area contributed by atoms with Crippen molar-refractivity contribution >= 4 is 39.3 Å². The smallest absolute Gasteiger partial charge is 0.248 e. The largest absolute Gasteiger partial charge is 0.323 e. The topological polar surface area (TPSA) is 66.5 Å². The van der Waals surface area contributed by atoms with Gasteiger partial charge in [0.15, 0.2) is 0 Å². The summed E-state index contributed by atoms with van der Waals surface area (Å²) in [5.41, 5.74) is 1.24. The Morgan fingerprint density at radius 1 is 1.08 bits per heavy atom. The second-order valence-corrected chi connectivity index (χ2v) is 7.71. The van der Waals surface area contributed by atoms with E-state index in [0.717, 1.165) is 9.87 Å². The molecule has 0 unspecified atom stereocenters. The van der Waals surface area contributed by atoms with Crippen LogP contribution in [0.3, 0.4) is 0 Å². The van der Waals surface area contributed by atoms with Gasteiger partial charge >= 0.3 is 0 Å². The minimum atomic E-state index is -3.48. The van der Waals surface area contributed by atoms with Crippen molar-refractivity contribution in [3.8, 4) is 0 Å². The number of sulfonamides is 1. The van der Waals surface area contributed by atoms with Crippen molar-refractivity contribution in [1.82, 2.24) is 4.31 Å². The fraction of sp³-hybridized carbons (Fsp3) is 0.118. The number of halogens is 1. The molecule has 0 radical (unpaired) electrons. The van der Waals surface area contributed by atoms with Crippen LogP contribution in [-0.2, 0) is 14.8 Å². The normalized spacial score (nSPS) is 11.8. The SMILES string of the molecule is CN(C)S(=O)(=O)c1ccc(NC(=O)C=Cc2ccccc2Cl)cc1. The molecule has 0 bridgehead atoms. The minimum Gasteiger partial charge on any atom is -0.323 e. The van der Waals surface area contributed by atoms with Crippen LogP contribution in [0, 0.1) is 0 Å². The lowest BCUT2D eigenvalue weighted by Gasteiger charge is -2.11. The van der Waals surface area contributed by atoms with E-state index >= 15 is 0 Å². The van der Waals surface area contributed by atoms with Gasteiger partial charge in [0, 0.05) is 30.9 Å². The van der Waals surface area contributed by atoms with Gasteiger partial charge in [-0.3, -0.25) is 4.79 Å². The van der Waals surface area contributed by atoms with E-state index in [-0.39, 0.29) is 10.8 Å². The van der Waals surface area contributed by atoms with Crippen LogP contribution in [0.2, 0.25) is 5.02 Å².